The number of anilines is 1. The van der Waals surface area contributed by atoms with Gasteiger partial charge in [0.2, 0.25) is 0 Å². The predicted molar refractivity (Wildman–Crippen MR) is 70.4 cm³/mol. The minimum atomic E-state index is -4.46. The molecule has 3 nitrogen and oxygen atoms in total. The van der Waals surface area contributed by atoms with Crippen LogP contribution in [-0.4, -0.2) is 26.8 Å². The van der Waals surface area contributed by atoms with Gasteiger partial charge < -0.3 is 9.64 Å². The fourth-order valence-electron chi connectivity index (χ4n) is 1.75. The topological polar surface area (TPSA) is 36.3 Å². The number of methoxy groups -OCH3 is 1. The molecule has 0 aliphatic heterocycles. The molecule has 0 N–H and O–H groups in total. The molecule has 0 unspecified atom stereocenters. The Labute approximate surface area is 115 Å². The number of hydrogen-bond donors (Lipinski definition) is 0. The molecular formula is C14H15F3N2O. The second-order valence-electron chi connectivity index (χ2n) is 4.07. The van der Waals surface area contributed by atoms with Crippen molar-refractivity contribution in [1.82, 2.24) is 0 Å². The number of alkyl halides is 3. The van der Waals surface area contributed by atoms with Crippen molar-refractivity contribution in [2.75, 3.05) is 31.7 Å². The van der Waals surface area contributed by atoms with Crippen molar-refractivity contribution in [2.24, 2.45) is 0 Å². The Hall–Kier alpha value is -2.00. The van der Waals surface area contributed by atoms with E-state index in [0.29, 0.717) is 25.4 Å². The quantitative estimate of drug-likeness (QED) is 0.753. The molecule has 0 fully saturated rings. The lowest BCUT2D eigenvalue weighted by atomic mass is 10.1. The zero-order valence-corrected chi connectivity index (χ0v) is 11.1. The van der Waals surface area contributed by atoms with E-state index in [1.807, 2.05) is 0 Å². The first-order chi connectivity index (χ1) is 9.43. The molecular weight excluding hydrogens is 269 g/mol. The molecule has 0 aliphatic rings. The molecule has 0 radical (unpaired) electrons. The highest BCUT2D eigenvalue weighted by molar-refractivity contribution is 5.61. The number of nitrogens with zero attached hydrogens (tertiary/aromatic N) is 2. The summed E-state index contributed by atoms with van der Waals surface area (Å²) in [6, 6.07) is 4.94. The normalized spacial score (nSPS) is 10.9. The highest BCUT2D eigenvalue weighted by Gasteiger charge is 2.31. The first-order valence-electron chi connectivity index (χ1n) is 5.90. The second-order valence-corrected chi connectivity index (χ2v) is 4.07. The first kappa shape index (κ1) is 16.1. The van der Waals surface area contributed by atoms with E-state index in [4.69, 9.17) is 10.00 Å². The van der Waals surface area contributed by atoms with Crippen molar-refractivity contribution in [1.29, 1.82) is 5.26 Å². The van der Waals surface area contributed by atoms with Crippen LogP contribution in [0.5, 0.6) is 0 Å². The molecule has 108 valence electrons. The van der Waals surface area contributed by atoms with Gasteiger partial charge in [0.15, 0.2) is 0 Å². The number of halogens is 3. The molecule has 1 aromatic rings. The van der Waals surface area contributed by atoms with Gasteiger partial charge in [0, 0.05) is 20.2 Å². The summed E-state index contributed by atoms with van der Waals surface area (Å²) in [5.74, 6) is 0. The summed E-state index contributed by atoms with van der Waals surface area (Å²) in [7, 11) is 1.53. The molecule has 1 aromatic carbocycles. The van der Waals surface area contributed by atoms with Gasteiger partial charge in [0.1, 0.15) is 6.07 Å². The third-order valence-electron chi connectivity index (χ3n) is 2.70. The number of nitriles is 1. The monoisotopic (exact) mass is 284 g/mol. The zero-order valence-electron chi connectivity index (χ0n) is 11.1. The standard InChI is InChI=1S/C14H15F3N2O/c1-3-6-19(7-8-20-2)13-5-4-12(14(15,16)17)9-11(13)10-18/h3-5,9H,1,6-8H2,2H3. The Morgan fingerprint density at radius 1 is 1.45 bits per heavy atom. The number of hydrogen-bond acceptors (Lipinski definition) is 3. The van der Waals surface area contributed by atoms with E-state index in [-0.39, 0.29) is 5.56 Å². The summed E-state index contributed by atoms with van der Waals surface area (Å²) in [6.45, 7) is 4.88. The third kappa shape index (κ3) is 4.00. The Balaban J connectivity index is 3.15. The lowest BCUT2D eigenvalue weighted by Gasteiger charge is -2.24. The van der Waals surface area contributed by atoms with Crippen molar-refractivity contribution in [3.05, 3.63) is 42.0 Å². The molecule has 0 atom stereocenters. The van der Waals surface area contributed by atoms with E-state index in [9.17, 15) is 13.2 Å². The maximum atomic E-state index is 12.6. The Morgan fingerprint density at radius 2 is 2.15 bits per heavy atom. The van der Waals surface area contributed by atoms with Crippen LogP contribution in [0.3, 0.4) is 0 Å². The average Bonchev–Trinajstić information content (AvgIpc) is 2.41. The maximum Gasteiger partial charge on any atom is 0.416 e. The number of rotatable bonds is 6. The van der Waals surface area contributed by atoms with Gasteiger partial charge in [0.25, 0.3) is 0 Å². The van der Waals surface area contributed by atoms with Crippen LogP contribution in [0.2, 0.25) is 0 Å². The summed E-state index contributed by atoms with van der Waals surface area (Å²) < 4.78 is 42.8. The van der Waals surface area contributed by atoms with Crippen LogP contribution in [0.4, 0.5) is 18.9 Å². The SMILES string of the molecule is C=CCN(CCOC)c1ccc(C(F)(F)F)cc1C#N. The van der Waals surface area contributed by atoms with Crippen LogP contribution in [0.25, 0.3) is 0 Å². The lowest BCUT2D eigenvalue weighted by Crippen LogP contribution is -2.28. The van der Waals surface area contributed by atoms with Crippen LogP contribution < -0.4 is 4.90 Å². The average molecular weight is 284 g/mol. The van der Waals surface area contributed by atoms with E-state index >= 15 is 0 Å². The largest absolute Gasteiger partial charge is 0.416 e. The molecule has 20 heavy (non-hydrogen) atoms. The van der Waals surface area contributed by atoms with E-state index in [0.717, 1.165) is 12.1 Å². The highest BCUT2D eigenvalue weighted by atomic mass is 19.4. The Morgan fingerprint density at radius 3 is 2.65 bits per heavy atom. The van der Waals surface area contributed by atoms with Crippen molar-refractivity contribution < 1.29 is 17.9 Å². The van der Waals surface area contributed by atoms with Crippen molar-refractivity contribution >= 4 is 5.69 Å². The van der Waals surface area contributed by atoms with Gasteiger partial charge in [-0.1, -0.05) is 6.08 Å². The molecule has 0 amide bonds. The molecule has 0 spiro atoms. The molecule has 0 aromatic heterocycles. The molecule has 0 saturated carbocycles. The molecule has 0 saturated heterocycles. The summed E-state index contributed by atoms with van der Waals surface area (Å²) in [6.07, 6.45) is -2.84. The Bertz CT molecular complexity index is 506. The Kier molecular flexibility index (Phi) is 5.59. The molecule has 0 heterocycles. The van der Waals surface area contributed by atoms with E-state index in [1.165, 1.54) is 13.2 Å². The molecule has 0 bridgehead atoms. The van der Waals surface area contributed by atoms with E-state index in [2.05, 4.69) is 6.58 Å². The van der Waals surface area contributed by atoms with Crippen LogP contribution in [0, 0.1) is 11.3 Å². The number of benzene rings is 1. The summed E-state index contributed by atoms with van der Waals surface area (Å²) >= 11 is 0. The minimum absolute atomic E-state index is 0.0159. The van der Waals surface area contributed by atoms with Crippen LogP contribution in [0.15, 0.2) is 30.9 Å². The summed E-state index contributed by atoms with van der Waals surface area (Å²) in [5, 5.41) is 9.05. The summed E-state index contributed by atoms with van der Waals surface area (Å²) in [4.78, 5) is 1.75. The fourth-order valence-corrected chi connectivity index (χ4v) is 1.75. The lowest BCUT2D eigenvalue weighted by molar-refractivity contribution is -0.137. The van der Waals surface area contributed by atoms with Gasteiger partial charge in [0.05, 0.1) is 23.4 Å². The van der Waals surface area contributed by atoms with Gasteiger partial charge in [-0.05, 0) is 18.2 Å². The van der Waals surface area contributed by atoms with Gasteiger partial charge in [-0.2, -0.15) is 18.4 Å². The maximum absolute atomic E-state index is 12.6. The molecule has 6 heteroatoms. The second kappa shape index (κ2) is 6.96. The van der Waals surface area contributed by atoms with Gasteiger partial charge >= 0.3 is 6.18 Å². The predicted octanol–water partition coefficient (Wildman–Crippen LogP) is 3.22. The number of ether oxygens (including phenoxy) is 1. The van der Waals surface area contributed by atoms with Crippen molar-refractivity contribution in [2.45, 2.75) is 6.18 Å². The fraction of sp³-hybridized carbons (Fsp3) is 0.357. The van der Waals surface area contributed by atoms with Crippen LogP contribution in [0.1, 0.15) is 11.1 Å². The van der Waals surface area contributed by atoms with Crippen molar-refractivity contribution in [3.63, 3.8) is 0 Å². The van der Waals surface area contributed by atoms with Gasteiger partial charge in [-0.3, -0.25) is 0 Å². The molecule has 0 aliphatic carbocycles. The van der Waals surface area contributed by atoms with Crippen molar-refractivity contribution in [3.8, 4) is 6.07 Å². The van der Waals surface area contributed by atoms with E-state index < -0.39 is 11.7 Å². The zero-order chi connectivity index (χ0) is 15.2. The smallest absolute Gasteiger partial charge is 0.383 e. The van der Waals surface area contributed by atoms with E-state index in [1.54, 1.807) is 17.0 Å². The van der Waals surface area contributed by atoms with Gasteiger partial charge in [-0.25, -0.2) is 0 Å². The van der Waals surface area contributed by atoms with Crippen LogP contribution in [-0.2, 0) is 10.9 Å². The summed E-state index contributed by atoms with van der Waals surface area (Å²) in [5.41, 5.74) is -0.404. The third-order valence-corrected chi connectivity index (χ3v) is 2.70. The molecule has 1 rings (SSSR count). The van der Waals surface area contributed by atoms with Gasteiger partial charge in [-0.15, -0.1) is 6.58 Å². The first-order valence-corrected chi connectivity index (χ1v) is 5.90. The highest BCUT2D eigenvalue weighted by Crippen LogP contribution is 2.32. The van der Waals surface area contributed by atoms with Crippen LogP contribution >= 0.6 is 0 Å². The minimum Gasteiger partial charge on any atom is -0.383 e.